The maximum atomic E-state index is 4.87. The van der Waals surface area contributed by atoms with Crippen LogP contribution in [-0.2, 0) is 7.05 Å². The zero-order valence-corrected chi connectivity index (χ0v) is 28.9. The summed E-state index contributed by atoms with van der Waals surface area (Å²) in [5.74, 6) is 0.315. The van der Waals surface area contributed by atoms with Crippen LogP contribution in [0.4, 0.5) is 0 Å². The number of pyridine rings is 1. The number of hydrogen-bond acceptors (Lipinski definition) is 1. The minimum Gasteiger partial charge on any atom is -0.261 e. The van der Waals surface area contributed by atoms with Crippen molar-refractivity contribution in [2.24, 2.45) is 17.5 Å². The lowest BCUT2D eigenvalue weighted by Crippen LogP contribution is -2.32. The van der Waals surface area contributed by atoms with E-state index in [1.54, 1.807) is 0 Å². The zero-order chi connectivity index (χ0) is 32.0. The highest BCUT2D eigenvalue weighted by molar-refractivity contribution is 6.02. The predicted octanol–water partition coefficient (Wildman–Crippen LogP) is 11.8. The van der Waals surface area contributed by atoms with Gasteiger partial charge in [0.05, 0.1) is 0 Å². The van der Waals surface area contributed by atoms with Crippen molar-refractivity contribution in [3.63, 3.8) is 0 Å². The van der Waals surface area contributed by atoms with Gasteiger partial charge in [-0.3, -0.25) is 4.99 Å². The van der Waals surface area contributed by atoms with Crippen molar-refractivity contribution in [1.29, 1.82) is 0 Å². The van der Waals surface area contributed by atoms with Crippen molar-refractivity contribution in [3.05, 3.63) is 120 Å². The molecular formula is C42H57N2+. The van der Waals surface area contributed by atoms with Crippen molar-refractivity contribution in [2.45, 2.75) is 106 Å². The van der Waals surface area contributed by atoms with Crippen molar-refractivity contribution in [3.8, 4) is 11.3 Å². The third kappa shape index (κ3) is 8.14. The molecule has 2 nitrogen and oxygen atoms in total. The fraction of sp³-hybridized carbons (Fsp3) is 0.429. The maximum absolute atomic E-state index is 4.87. The van der Waals surface area contributed by atoms with E-state index in [-0.39, 0.29) is 5.41 Å². The predicted molar refractivity (Wildman–Crippen MR) is 194 cm³/mol. The van der Waals surface area contributed by atoms with Gasteiger partial charge in [0, 0.05) is 35.0 Å². The lowest BCUT2D eigenvalue weighted by atomic mass is 9.63. The summed E-state index contributed by atoms with van der Waals surface area (Å²) in [5.41, 5.74) is 10.7. The molecule has 5 rings (SSSR count). The summed E-state index contributed by atoms with van der Waals surface area (Å²) in [6.45, 7) is 15.2. The third-order valence-electron chi connectivity index (χ3n) is 8.72. The molecule has 2 unspecified atom stereocenters. The Morgan fingerprint density at radius 3 is 2.32 bits per heavy atom. The Kier molecular flexibility index (Phi) is 14.1. The van der Waals surface area contributed by atoms with Gasteiger partial charge in [0.2, 0.25) is 5.69 Å². The van der Waals surface area contributed by atoms with Crippen molar-refractivity contribution in [2.75, 3.05) is 0 Å². The van der Waals surface area contributed by atoms with Crippen LogP contribution in [0, 0.1) is 5.41 Å². The summed E-state index contributed by atoms with van der Waals surface area (Å²) in [5, 5.41) is 0. The van der Waals surface area contributed by atoms with Crippen LogP contribution >= 0.6 is 0 Å². The number of allylic oxidation sites excluding steroid dienone is 11. The molecule has 2 heteroatoms. The first kappa shape index (κ1) is 35.0. The van der Waals surface area contributed by atoms with Gasteiger partial charge in [-0.1, -0.05) is 115 Å². The van der Waals surface area contributed by atoms with Crippen LogP contribution in [0.3, 0.4) is 0 Å². The summed E-state index contributed by atoms with van der Waals surface area (Å²) in [7, 11) is 2.17. The number of rotatable bonds is 8. The summed E-state index contributed by atoms with van der Waals surface area (Å²) in [4.78, 5) is 4.87. The minimum atomic E-state index is -0.152. The molecule has 0 bridgehead atoms. The molecule has 0 fully saturated rings. The van der Waals surface area contributed by atoms with Crippen molar-refractivity contribution in [1.82, 2.24) is 0 Å². The van der Waals surface area contributed by atoms with E-state index in [1.807, 2.05) is 20.0 Å². The summed E-state index contributed by atoms with van der Waals surface area (Å²) in [6.07, 6.45) is 31.7. The topological polar surface area (TPSA) is 16.2 Å². The van der Waals surface area contributed by atoms with Crippen molar-refractivity contribution >= 4 is 11.3 Å². The van der Waals surface area contributed by atoms with Crippen LogP contribution in [0.15, 0.2) is 114 Å². The van der Waals surface area contributed by atoms with Gasteiger partial charge in [0.1, 0.15) is 7.05 Å². The molecule has 0 N–H and O–H groups in total. The van der Waals surface area contributed by atoms with Crippen LogP contribution in [0.2, 0.25) is 0 Å². The molecule has 234 valence electrons. The highest BCUT2D eigenvalue weighted by Crippen LogP contribution is 2.50. The normalized spacial score (nSPS) is 18.0. The zero-order valence-electron chi connectivity index (χ0n) is 28.9. The number of aryl methyl sites for hydroxylation is 1. The van der Waals surface area contributed by atoms with Gasteiger partial charge in [-0.2, -0.15) is 0 Å². The number of aliphatic imine (C=N–C) groups is 1. The average Bonchev–Trinajstić information content (AvgIpc) is 3.08. The third-order valence-corrected chi connectivity index (χ3v) is 8.72. The van der Waals surface area contributed by atoms with Crippen LogP contribution in [0.1, 0.15) is 117 Å². The van der Waals surface area contributed by atoms with E-state index < -0.39 is 0 Å². The molecule has 1 aromatic heterocycles. The summed E-state index contributed by atoms with van der Waals surface area (Å²) >= 11 is 0. The van der Waals surface area contributed by atoms with Crippen LogP contribution in [0.5, 0.6) is 0 Å². The monoisotopic (exact) mass is 589 g/mol. The first-order valence-electron chi connectivity index (χ1n) is 17.2. The molecule has 2 heterocycles. The second-order valence-electron chi connectivity index (χ2n) is 11.9. The molecule has 0 saturated heterocycles. The lowest BCUT2D eigenvalue weighted by Gasteiger charge is -2.40. The quantitative estimate of drug-likeness (QED) is 0.215. The molecule has 2 atom stereocenters. The lowest BCUT2D eigenvalue weighted by molar-refractivity contribution is -0.660. The van der Waals surface area contributed by atoms with Crippen LogP contribution in [-0.4, -0.2) is 5.71 Å². The molecular weight excluding hydrogens is 532 g/mol. The smallest absolute Gasteiger partial charge is 0.213 e. The molecule has 1 aromatic carbocycles. The molecule has 44 heavy (non-hydrogen) atoms. The Labute approximate surface area is 269 Å². The first-order chi connectivity index (χ1) is 21.5. The first-order valence-corrected chi connectivity index (χ1v) is 17.2. The van der Waals surface area contributed by atoms with Gasteiger partial charge in [0.15, 0.2) is 6.20 Å². The Hall–Kier alpha value is -3.52. The molecule has 0 saturated carbocycles. The van der Waals surface area contributed by atoms with Gasteiger partial charge in [-0.15, -0.1) is 0 Å². The van der Waals surface area contributed by atoms with E-state index in [2.05, 4.69) is 137 Å². The SMILES string of the molecule is CC.CC=CC(C)(C1=C(C2=NC=CCC2)CCC=C1)C(CC)c1ccccc1-c1cc(C2=CCCC=C2)cc[n+]1C.CCC. The Balaban J connectivity index is 0.000000997. The van der Waals surface area contributed by atoms with E-state index in [1.165, 1.54) is 51.2 Å². The van der Waals surface area contributed by atoms with Gasteiger partial charge in [-0.05, 0) is 91.7 Å². The standard InChI is InChI=1S/C37H43N2.C3H8.C2H6/c1-5-24-37(3,34-21-13-12-20-32(34)35-22-14-15-25-38-35)33(6-2)30-18-10-11-19-31(30)36-27-29(23-26-39(36)4)28-16-8-7-9-17-28;1-3-2;1-2/h5,8,10-11,13,15-19,21,23-27,33H,6-7,9,12,14,20,22H2,1-4H3;3H2,1-2H3;1-2H3/q+1;;. The Bertz CT molecular complexity index is 1440. The van der Waals surface area contributed by atoms with Gasteiger partial charge in [-0.25, -0.2) is 4.57 Å². The van der Waals surface area contributed by atoms with E-state index in [4.69, 9.17) is 4.99 Å². The van der Waals surface area contributed by atoms with Gasteiger partial charge in [0.25, 0.3) is 0 Å². The van der Waals surface area contributed by atoms with Gasteiger partial charge >= 0.3 is 0 Å². The number of aromatic nitrogens is 1. The summed E-state index contributed by atoms with van der Waals surface area (Å²) in [6, 6.07) is 13.7. The molecule has 3 aliphatic rings. The fourth-order valence-electron chi connectivity index (χ4n) is 6.78. The largest absolute Gasteiger partial charge is 0.261 e. The number of benzene rings is 1. The minimum absolute atomic E-state index is 0.152. The molecule has 1 aliphatic heterocycles. The molecule has 2 aliphatic carbocycles. The van der Waals surface area contributed by atoms with Gasteiger partial charge < -0.3 is 0 Å². The van der Waals surface area contributed by atoms with E-state index in [0.717, 1.165) is 44.9 Å². The van der Waals surface area contributed by atoms with Crippen molar-refractivity contribution < 1.29 is 4.57 Å². The van der Waals surface area contributed by atoms with E-state index >= 15 is 0 Å². The summed E-state index contributed by atoms with van der Waals surface area (Å²) < 4.78 is 2.28. The Morgan fingerprint density at radius 2 is 1.66 bits per heavy atom. The average molecular weight is 590 g/mol. The maximum Gasteiger partial charge on any atom is 0.213 e. The Morgan fingerprint density at radius 1 is 0.932 bits per heavy atom. The molecule has 0 amide bonds. The second kappa shape index (κ2) is 17.7. The fourth-order valence-corrected chi connectivity index (χ4v) is 6.78. The molecule has 0 spiro atoms. The van der Waals surface area contributed by atoms with E-state index in [9.17, 15) is 0 Å². The molecule has 2 aromatic rings. The highest BCUT2D eigenvalue weighted by Gasteiger charge is 2.39. The number of nitrogens with zero attached hydrogens (tertiary/aromatic N) is 2. The number of hydrogen-bond donors (Lipinski definition) is 0. The van der Waals surface area contributed by atoms with Crippen LogP contribution < -0.4 is 4.57 Å². The second-order valence-corrected chi connectivity index (χ2v) is 11.9. The molecule has 0 radical (unpaired) electrons. The van der Waals surface area contributed by atoms with Crippen LogP contribution in [0.25, 0.3) is 16.8 Å². The highest BCUT2D eigenvalue weighted by atomic mass is 14.9. The van der Waals surface area contributed by atoms with E-state index in [0.29, 0.717) is 5.92 Å².